The molecule has 2 fully saturated rings. The van der Waals surface area contributed by atoms with Crippen LogP contribution in [0.5, 0.6) is 0 Å². The van der Waals surface area contributed by atoms with Crippen molar-refractivity contribution in [2.24, 2.45) is 5.92 Å². The molecule has 1 aromatic heterocycles. The van der Waals surface area contributed by atoms with Crippen molar-refractivity contribution in [3.63, 3.8) is 0 Å². The van der Waals surface area contributed by atoms with E-state index in [1.807, 2.05) is 4.90 Å². The van der Waals surface area contributed by atoms with Gasteiger partial charge in [-0.2, -0.15) is 0 Å². The second-order valence-corrected chi connectivity index (χ2v) is 8.04. The van der Waals surface area contributed by atoms with E-state index in [-0.39, 0.29) is 24.8 Å². The Morgan fingerprint density at radius 3 is 2.71 bits per heavy atom. The Morgan fingerprint density at radius 2 is 2.06 bits per heavy atom. The number of carbonyl (C=O) groups excluding carboxylic acids is 2. The number of amides is 2. The van der Waals surface area contributed by atoms with Gasteiger partial charge in [-0.05, 0) is 37.0 Å². The Labute approximate surface area is 179 Å². The molecule has 0 saturated carbocycles. The summed E-state index contributed by atoms with van der Waals surface area (Å²) in [6.45, 7) is 5.14. The predicted octanol–water partition coefficient (Wildman–Crippen LogP) is 2.44. The molecule has 1 unspecified atom stereocenters. The van der Waals surface area contributed by atoms with Crippen molar-refractivity contribution in [1.82, 2.24) is 15.5 Å². The molecule has 2 aliphatic rings. The fourth-order valence-corrected chi connectivity index (χ4v) is 4.06. The van der Waals surface area contributed by atoms with Gasteiger partial charge in [0.1, 0.15) is 11.9 Å². The van der Waals surface area contributed by atoms with E-state index in [0.717, 1.165) is 32.4 Å². The van der Waals surface area contributed by atoms with Crippen LogP contribution in [0.1, 0.15) is 31.5 Å². The van der Waals surface area contributed by atoms with Gasteiger partial charge in [0.2, 0.25) is 17.7 Å². The third kappa shape index (κ3) is 4.95. The molecule has 0 aliphatic carbocycles. The highest BCUT2D eigenvalue weighted by molar-refractivity contribution is 5.90. The van der Waals surface area contributed by atoms with Gasteiger partial charge in [-0.1, -0.05) is 0 Å². The number of ether oxygens (including phenoxy) is 1. The Morgan fingerprint density at radius 1 is 1.29 bits per heavy atom. The first-order valence-corrected chi connectivity index (χ1v) is 10.4. The highest BCUT2D eigenvalue weighted by Crippen LogP contribution is 2.31. The predicted molar refractivity (Wildman–Crippen MR) is 110 cm³/mol. The molecule has 166 valence electrons. The number of carbonyl (C=O) groups is 2. The van der Waals surface area contributed by atoms with Gasteiger partial charge in [-0.15, -0.1) is 10.2 Å². The van der Waals surface area contributed by atoms with Crippen LogP contribution in [0, 0.1) is 18.7 Å². The number of halogens is 1. The van der Waals surface area contributed by atoms with Crippen LogP contribution < -0.4 is 15.1 Å². The van der Waals surface area contributed by atoms with Gasteiger partial charge >= 0.3 is 6.09 Å². The monoisotopic (exact) mass is 431 g/mol. The summed E-state index contributed by atoms with van der Waals surface area (Å²) < 4.78 is 25.6. The highest BCUT2D eigenvalue weighted by Gasteiger charge is 2.33. The molecule has 10 heteroatoms. The zero-order valence-electron chi connectivity index (χ0n) is 17.6. The topological polar surface area (TPSA) is 101 Å². The minimum absolute atomic E-state index is 0.194. The number of nitrogens with zero attached hydrogens (tertiary/aromatic N) is 4. The number of rotatable bonds is 6. The average molecular weight is 431 g/mol. The van der Waals surface area contributed by atoms with E-state index in [1.54, 1.807) is 19.1 Å². The molecule has 31 heavy (non-hydrogen) atoms. The fourth-order valence-electron chi connectivity index (χ4n) is 4.06. The van der Waals surface area contributed by atoms with Gasteiger partial charge < -0.3 is 19.4 Å². The molecule has 2 aliphatic heterocycles. The lowest BCUT2D eigenvalue weighted by Gasteiger charge is -2.33. The van der Waals surface area contributed by atoms with Crippen LogP contribution in [-0.2, 0) is 16.0 Å². The summed E-state index contributed by atoms with van der Waals surface area (Å²) in [6.07, 6.45) is 1.56. The van der Waals surface area contributed by atoms with Gasteiger partial charge in [-0.25, -0.2) is 9.18 Å². The van der Waals surface area contributed by atoms with E-state index in [9.17, 15) is 14.0 Å². The van der Waals surface area contributed by atoms with E-state index >= 15 is 0 Å². The van der Waals surface area contributed by atoms with E-state index in [1.165, 1.54) is 17.9 Å². The van der Waals surface area contributed by atoms with E-state index in [0.29, 0.717) is 29.1 Å². The Hall–Kier alpha value is -3.17. The van der Waals surface area contributed by atoms with Crippen molar-refractivity contribution in [3.8, 4) is 0 Å². The first kappa shape index (κ1) is 21.1. The molecule has 1 aromatic carbocycles. The first-order chi connectivity index (χ1) is 14.9. The summed E-state index contributed by atoms with van der Waals surface area (Å²) in [5.41, 5.74) is 0.969. The molecule has 1 N–H and O–H groups in total. The van der Waals surface area contributed by atoms with Gasteiger partial charge in [0.25, 0.3) is 0 Å². The number of aromatic nitrogens is 2. The molecular weight excluding hydrogens is 405 g/mol. The van der Waals surface area contributed by atoms with Crippen LogP contribution in [0.3, 0.4) is 0 Å². The maximum atomic E-state index is 14.9. The maximum absolute atomic E-state index is 14.9. The lowest BCUT2D eigenvalue weighted by Crippen LogP contribution is -2.35. The largest absolute Gasteiger partial charge is 0.442 e. The first-order valence-electron chi connectivity index (χ1n) is 10.4. The number of anilines is 2. The number of benzene rings is 1. The number of cyclic esters (lactones) is 1. The number of nitrogens with one attached hydrogen (secondary N) is 1. The third-order valence-electron chi connectivity index (χ3n) is 5.68. The average Bonchev–Trinajstić information content (AvgIpc) is 3.32. The quantitative estimate of drug-likeness (QED) is 0.750. The molecule has 3 heterocycles. The maximum Gasteiger partial charge on any atom is 0.414 e. The summed E-state index contributed by atoms with van der Waals surface area (Å²) in [4.78, 5) is 26.6. The summed E-state index contributed by atoms with van der Waals surface area (Å²) in [5, 5.41) is 10.5. The van der Waals surface area contributed by atoms with Crippen LogP contribution in [0.4, 0.5) is 20.6 Å². The molecule has 9 nitrogen and oxygen atoms in total. The van der Waals surface area contributed by atoms with Gasteiger partial charge in [-0.3, -0.25) is 9.69 Å². The number of hydrogen-bond acceptors (Lipinski definition) is 7. The SMILES string of the molecule is CC(=O)NCC1CN(c2ccc(N3CCC(Cc4nnc(C)o4)CC3)c(F)c2)C(=O)O1. The molecule has 2 amide bonds. The smallest absolute Gasteiger partial charge is 0.414 e. The lowest BCUT2D eigenvalue weighted by molar-refractivity contribution is -0.119. The summed E-state index contributed by atoms with van der Waals surface area (Å²) in [7, 11) is 0. The van der Waals surface area contributed by atoms with Crippen LogP contribution in [0.15, 0.2) is 22.6 Å². The van der Waals surface area contributed by atoms with Crippen molar-refractivity contribution in [1.29, 1.82) is 0 Å². The normalized spacial score (nSPS) is 19.6. The van der Waals surface area contributed by atoms with Gasteiger partial charge in [0.05, 0.1) is 24.5 Å². The molecule has 4 rings (SSSR count). The van der Waals surface area contributed by atoms with Crippen molar-refractivity contribution in [3.05, 3.63) is 35.8 Å². The second kappa shape index (κ2) is 8.91. The zero-order chi connectivity index (χ0) is 22.0. The highest BCUT2D eigenvalue weighted by atomic mass is 19.1. The molecule has 1 atom stereocenters. The van der Waals surface area contributed by atoms with Crippen LogP contribution in [0.25, 0.3) is 0 Å². The Balaban J connectivity index is 1.35. The number of piperidine rings is 1. The van der Waals surface area contributed by atoms with Crippen molar-refractivity contribution in [2.75, 3.05) is 36.0 Å². The van der Waals surface area contributed by atoms with Crippen molar-refractivity contribution < 1.29 is 23.1 Å². The van der Waals surface area contributed by atoms with E-state index < -0.39 is 12.2 Å². The Bertz CT molecular complexity index is 957. The zero-order valence-corrected chi connectivity index (χ0v) is 17.6. The molecule has 2 aromatic rings. The minimum Gasteiger partial charge on any atom is -0.442 e. The molecule has 0 radical (unpaired) electrons. The number of aryl methyl sites for hydroxylation is 1. The lowest BCUT2D eigenvalue weighted by atomic mass is 9.93. The number of hydrogen-bond donors (Lipinski definition) is 1. The minimum atomic E-state index is -0.542. The van der Waals surface area contributed by atoms with Gasteiger partial charge in [0.15, 0.2) is 0 Å². The standard InChI is InChI=1S/C21H26FN5O4/c1-13(28)23-11-17-12-27(21(29)31-17)16-3-4-19(18(22)10-16)26-7-5-15(6-8-26)9-20-25-24-14(2)30-20/h3-4,10,15,17H,5-9,11-12H2,1-2H3,(H,23,28). The second-order valence-electron chi connectivity index (χ2n) is 8.04. The third-order valence-corrected chi connectivity index (χ3v) is 5.68. The Kier molecular flexibility index (Phi) is 6.06. The molecular formula is C21H26FN5O4. The van der Waals surface area contributed by atoms with Crippen LogP contribution >= 0.6 is 0 Å². The summed E-state index contributed by atoms with van der Waals surface area (Å²) in [5.74, 6) is 1.08. The van der Waals surface area contributed by atoms with E-state index in [2.05, 4.69) is 15.5 Å². The summed E-state index contributed by atoms with van der Waals surface area (Å²) in [6, 6.07) is 4.80. The van der Waals surface area contributed by atoms with E-state index in [4.69, 9.17) is 9.15 Å². The molecule has 0 bridgehead atoms. The summed E-state index contributed by atoms with van der Waals surface area (Å²) >= 11 is 0. The molecule has 0 spiro atoms. The fraction of sp³-hybridized carbons (Fsp3) is 0.524. The van der Waals surface area contributed by atoms with Crippen molar-refractivity contribution in [2.45, 2.75) is 39.2 Å². The van der Waals surface area contributed by atoms with Crippen molar-refractivity contribution >= 4 is 23.4 Å². The van der Waals surface area contributed by atoms with Gasteiger partial charge in [0, 0.05) is 33.4 Å². The molecule has 2 saturated heterocycles. The van der Waals surface area contributed by atoms with Crippen LogP contribution in [-0.4, -0.2) is 54.5 Å². The van der Waals surface area contributed by atoms with Crippen LogP contribution in [0.2, 0.25) is 0 Å².